The molecule has 3 aromatic rings. The summed E-state index contributed by atoms with van der Waals surface area (Å²) in [6.45, 7) is 1.18. The van der Waals surface area contributed by atoms with Gasteiger partial charge in [0, 0.05) is 23.9 Å². The first-order valence-electron chi connectivity index (χ1n) is 9.18. The van der Waals surface area contributed by atoms with Crippen molar-refractivity contribution < 1.29 is 18.7 Å². The summed E-state index contributed by atoms with van der Waals surface area (Å²) in [6.07, 6.45) is 0.937. The Balaban J connectivity index is 1.43. The van der Waals surface area contributed by atoms with Crippen molar-refractivity contribution in [3.05, 3.63) is 55.9 Å². The fraction of sp³-hybridized carbons (Fsp3) is 0.263. The van der Waals surface area contributed by atoms with Gasteiger partial charge in [-0.25, -0.2) is 9.37 Å². The third-order valence-electron chi connectivity index (χ3n) is 4.48. The van der Waals surface area contributed by atoms with Crippen molar-refractivity contribution in [2.24, 2.45) is 0 Å². The lowest BCUT2D eigenvalue weighted by Gasteiger charge is -2.11. The summed E-state index contributed by atoms with van der Waals surface area (Å²) >= 11 is 13.4. The topological polar surface area (TPSA) is 112 Å². The number of nitrogen functional groups attached to an aromatic ring is 1. The summed E-state index contributed by atoms with van der Waals surface area (Å²) in [5, 5.41) is 11.0. The average Bonchev–Trinajstić information content (AvgIpc) is 3.16. The largest absolute Gasteiger partial charge is 0.489 e. The maximum absolute atomic E-state index is 13.6. The summed E-state index contributed by atoms with van der Waals surface area (Å²) in [4.78, 5) is 18.0. The number of amides is 1. The minimum Gasteiger partial charge on any atom is -0.489 e. The van der Waals surface area contributed by atoms with Crippen LogP contribution in [0, 0.1) is 5.82 Å². The van der Waals surface area contributed by atoms with Gasteiger partial charge >= 0.3 is 0 Å². The Morgan fingerprint density at radius 1 is 1.35 bits per heavy atom. The molecular weight excluding hydrogens is 468 g/mol. The number of hydrogen-bond donors (Lipinski definition) is 2. The van der Waals surface area contributed by atoms with Crippen LogP contribution in [-0.4, -0.2) is 34.3 Å². The van der Waals surface area contributed by atoms with Gasteiger partial charge in [0.15, 0.2) is 22.4 Å². The molecule has 3 N–H and O–H groups in total. The minimum atomic E-state index is -0.569. The number of halogens is 3. The van der Waals surface area contributed by atoms with Crippen molar-refractivity contribution in [3.8, 4) is 5.75 Å². The van der Waals surface area contributed by atoms with E-state index in [1.54, 1.807) is 0 Å². The third-order valence-corrected chi connectivity index (χ3v) is 6.23. The van der Waals surface area contributed by atoms with Crippen LogP contribution >= 0.6 is 34.5 Å². The van der Waals surface area contributed by atoms with E-state index in [9.17, 15) is 9.18 Å². The van der Waals surface area contributed by atoms with E-state index >= 15 is 0 Å². The van der Waals surface area contributed by atoms with E-state index in [2.05, 4.69) is 20.5 Å². The maximum Gasteiger partial charge on any atom is 0.278 e. The zero-order valence-corrected chi connectivity index (χ0v) is 18.3. The molecule has 0 radical (unpaired) electrons. The lowest BCUT2D eigenvalue weighted by molar-refractivity contribution is 0.102. The second-order valence-corrected chi connectivity index (χ2v) is 8.41. The number of rotatable bonds is 6. The molecule has 8 nitrogen and oxygen atoms in total. The summed E-state index contributed by atoms with van der Waals surface area (Å²) in [7, 11) is 0. The number of carbonyl (C=O) groups excluding carboxylic acids is 1. The number of anilines is 2. The molecule has 1 aromatic carbocycles. The van der Waals surface area contributed by atoms with Gasteiger partial charge in [0.2, 0.25) is 0 Å². The van der Waals surface area contributed by atoms with Crippen molar-refractivity contribution in [1.82, 2.24) is 15.2 Å². The standard InChI is InChI=1S/C19H16Cl2FN5O3S/c20-10-1-2-11(22)16(21)9(10)3-6-30-14-7-13(26-27-17(14)23)18(28)25-19-24-12-4-5-29-8-15(12)31-19/h1-2,7H,3-6,8H2,(H2,23,27)(H,24,25,28). The Morgan fingerprint density at radius 3 is 3.00 bits per heavy atom. The van der Waals surface area contributed by atoms with Gasteiger partial charge in [0.25, 0.3) is 5.91 Å². The number of hydrogen-bond acceptors (Lipinski definition) is 8. The number of fused-ring (bicyclic) bond motifs is 1. The van der Waals surface area contributed by atoms with E-state index in [4.69, 9.17) is 38.4 Å². The van der Waals surface area contributed by atoms with Gasteiger partial charge in [-0.05, 0) is 17.7 Å². The highest BCUT2D eigenvalue weighted by Crippen LogP contribution is 2.29. The molecule has 31 heavy (non-hydrogen) atoms. The van der Waals surface area contributed by atoms with Crippen LogP contribution in [0.1, 0.15) is 26.6 Å². The van der Waals surface area contributed by atoms with Gasteiger partial charge in [-0.3, -0.25) is 10.1 Å². The van der Waals surface area contributed by atoms with Gasteiger partial charge < -0.3 is 15.2 Å². The molecule has 0 saturated carbocycles. The van der Waals surface area contributed by atoms with Gasteiger partial charge in [0.1, 0.15) is 5.82 Å². The van der Waals surface area contributed by atoms with Crippen molar-refractivity contribution in [2.75, 3.05) is 24.3 Å². The Hall–Kier alpha value is -2.53. The number of nitrogens with zero attached hydrogens (tertiary/aromatic N) is 3. The lowest BCUT2D eigenvalue weighted by Crippen LogP contribution is -2.16. The molecule has 162 valence electrons. The molecule has 12 heteroatoms. The molecule has 0 spiro atoms. The smallest absolute Gasteiger partial charge is 0.278 e. The zero-order valence-electron chi connectivity index (χ0n) is 16.0. The van der Waals surface area contributed by atoms with Gasteiger partial charge in [0.05, 0.1) is 35.4 Å². The van der Waals surface area contributed by atoms with Crippen LogP contribution in [0.2, 0.25) is 10.0 Å². The van der Waals surface area contributed by atoms with E-state index < -0.39 is 11.7 Å². The zero-order chi connectivity index (χ0) is 22.0. The van der Waals surface area contributed by atoms with Crippen molar-refractivity contribution in [2.45, 2.75) is 19.4 Å². The Labute approximate surface area is 190 Å². The minimum absolute atomic E-state index is 0.00912. The number of ether oxygens (including phenoxy) is 2. The van der Waals surface area contributed by atoms with Gasteiger partial charge in [-0.2, -0.15) is 0 Å². The van der Waals surface area contributed by atoms with Crippen molar-refractivity contribution in [3.63, 3.8) is 0 Å². The number of aromatic nitrogens is 3. The molecule has 0 atom stereocenters. The molecule has 3 heterocycles. The summed E-state index contributed by atoms with van der Waals surface area (Å²) < 4.78 is 24.7. The van der Waals surface area contributed by atoms with E-state index in [0.717, 1.165) is 10.6 Å². The SMILES string of the molecule is Nc1nnc(C(=O)Nc2nc3c(s2)COCC3)cc1OCCc1c(Cl)ccc(F)c1Cl. The van der Waals surface area contributed by atoms with Crippen LogP contribution in [0.4, 0.5) is 15.3 Å². The normalized spacial score (nSPS) is 13.0. The number of carbonyl (C=O) groups is 1. The van der Waals surface area contributed by atoms with Crippen molar-refractivity contribution >= 4 is 51.4 Å². The second-order valence-electron chi connectivity index (χ2n) is 6.54. The predicted octanol–water partition coefficient (Wildman–Crippen LogP) is 3.91. The van der Waals surface area contributed by atoms with E-state index in [-0.39, 0.29) is 35.3 Å². The monoisotopic (exact) mass is 483 g/mol. The van der Waals surface area contributed by atoms with E-state index in [1.165, 1.54) is 29.5 Å². The maximum atomic E-state index is 13.6. The van der Waals surface area contributed by atoms with Crippen LogP contribution in [-0.2, 0) is 24.2 Å². The lowest BCUT2D eigenvalue weighted by atomic mass is 10.1. The first kappa shape index (κ1) is 21.7. The molecule has 0 unspecified atom stereocenters. The van der Waals surface area contributed by atoms with Crippen LogP contribution in [0.25, 0.3) is 0 Å². The molecule has 2 aromatic heterocycles. The fourth-order valence-electron chi connectivity index (χ4n) is 2.91. The van der Waals surface area contributed by atoms with Crippen LogP contribution in [0.3, 0.4) is 0 Å². The molecule has 1 aliphatic heterocycles. The molecule has 4 rings (SSSR count). The summed E-state index contributed by atoms with van der Waals surface area (Å²) in [5.74, 6) is -0.897. The average molecular weight is 484 g/mol. The quantitative estimate of drug-likeness (QED) is 0.511. The Morgan fingerprint density at radius 2 is 2.19 bits per heavy atom. The first-order chi connectivity index (χ1) is 14.9. The van der Waals surface area contributed by atoms with E-state index in [0.29, 0.717) is 35.4 Å². The van der Waals surface area contributed by atoms with Crippen LogP contribution in [0.5, 0.6) is 5.75 Å². The van der Waals surface area contributed by atoms with E-state index in [1.807, 2.05) is 0 Å². The molecule has 0 saturated heterocycles. The number of benzene rings is 1. The molecule has 1 aliphatic rings. The fourth-order valence-corrected chi connectivity index (χ4v) is 4.41. The molecule has 0 fully saturated rings. The van der Waals surface area contributed by atoms with Gasteiger partial charge in [-0.1, -0.05) is 34.5 Å². The molecular formula is C19H16Cl2FN5O3S. The number of nitrogens with two attached hydrogens (primary N) is 1. The predicted molar refractivity (Wildman–Crippen MR) is 115 cm³/mol. The Bertz CT molecular complexity index is 1120. The number of thiazole rings is 1. The van der Waals surface area contributed by atoms with Crippen LogP contribution in [0.15, 0.2) is 18.2 Å². The highest BCUT2D eigenvalue weighted by Gasteiger charge is 2.19. The Kier molecular flexibility index (Phi) is 6.51. The summed E-state index contributed by atoms with van der Waals surface area (Å²) in [5.41, 5.74) is 7.15. The molecule has 0 aliphatic carbocycles. The van der Waals surface area contributed by atoms with Crippen LogP contribution < -0.4 is 15.8 Å². The first-order valence-corrected chi connectivity index (χ1v) is 10.8. The molecule has 1 amide bonds. The summed E-state index contributed by atoms with van der Waals surface area (Å²) in [6, 6.07) is 3.99. The highest BCUT2D eigenvalue weighted by molar-refractivity contribution is 7.15. The van der Waals surface area contributed by atoms with Crippen molar-refractivity contribution in [1.29, 1.82) is 0 Å². The highest BCUT2D eigenvalue weighted by atomic mass is 35.5. The van der Waals surface area contributed by atoms with Gasteiger partial charge in [-0.15, -0.1) is 10.2 Å². The number of nitrogens with one attached hydrogen (secondary N) is 1. The molecule has 0 bridgehead atoms. The third kappa shape index (κ3) is 4.87. The second kappa shape index (κ2) is 9.31.